The highest BCUT2D eigenvalue weighted by Gasteiger charge is 2.35. The zero-order valence-corrected chi connectivity index (χ0v) is 18.0. The fourth-order valence-corrected chi connectivity index (χ4v) is 4.47. The monoisotopic (exact) mass is 462 g/mol. The molecule has 1 aromatic heterocycles. The summed E-state index contributed by atoms with van der Waals surface area (Å²) in [5.41, 5.74) is 4.54. The number of aromatic amines is 1. The quantitative estimate of drug-likeness (QED) is 0.441. The van der Waals surface area contributed by atoms with Crippen molar-refractivity contribution in [3.63, 3.8) is 0 Å². The number of anilines is 1. The van der Waals surface area contributed by atoms with Crippen LogP contribution in [0.3, 0.4) is 0 Å². The molecule has 2 atom stereocenters. The summed E-state index contributed by atoms with van der Waals surface area (Å²) >= 11 is 0. The zero-order valence-electron chi connectivity index (χ0n) is 18.0. The molecule has 0 bridgehead atoms. The van der Waals surface area contributed by atoms with Crippen LogP contribution in [0.4, 0.5) is 10.6 Å². The first-order valence-corrected chi connectivity index (χ1v) is 10.8. The van der Waals surface area contributed by atoms with E-state index in [-0.39, 0.29) is 30.6 Å². The van der Waals surface area contributed by atoms with E-state index in [1.807, 2.05) is 36.4 Å². The number of ether oxygens (including phenoxy) is 2. The number of hydrogen-bond acceptors (Lipinski definition) is 6. The maximum Gasteiger partial charge on any atom is 0.412 e. The Balaban J connectivity index is 1.19. The highest BCUT2D eigenvalue weighted by Crippen LogP contribution is 2.44. The van der Waals surface area contributed by atoms with Gasteiger partial charge in [-0.15, -0.1) is 0 Å². The van der Waals surface area contributed by atoms with E-state index in [1.165, 1.54) is 6.07 Å². The summed E-state index contributed by atoms with van der Waals surface area (Å²) in [5, 5.41) is 20.7. The van der Waals surface area contributed by atoms with Crippen LogP contribution in [0.1, 0.15) is 34.0 Å². The lowest BCUT2D eigenvalue weighted by Crippen LogP contribution is -2.44. The number of nitrogens with one attached hydrogen (secondary N) is 3. The predicted molar refractivity (Wildman–Crippen MR) is 121 cm³/mol. The Bertz CT molecular complexity index is 1210. The molecule has 2 heterocycles. The van der Waals surface area contributed by atoms with Crippen LogP contribution in [-0.2, 0) is 14.3 Å². The number of hydrogen-bond donors (Lipinski definition) is 4. The summed E-state index contributed by atoms with van der Waals surface area (Å²) in [6, 6.07) is 16.8. The second-order valence-electron chi connectivity index (χ2n) is 8.12. The molecule has 10 nitrogen and oxygen atoms in total. The summed E-state index contributed by atoms with van der Waals surface area (Å²) in [6.45, 7) is 0.398. The third-order valence-corrected chi connectivity index (χ3v) is 6.05. The molecule has 2 aliphatic rings. The van der Waals surface area contributed by atoms with Gasteiger partial charge in [0, 0.05) is 18.6 Å². The largest absolute Gasteiger partial charge is 0.479 e. The Labute approximate surface area is 194 Å². The molecular formula is C24H22N4O6. The molecule has 1 aliphatic carbocycles. The first kappa shape index (κ1) is 21.7. The summed E-state index contributed by atoms with van der Waals surface area (Å²) in [4.78, 5) is 36.0. The topological polar surface area (TPSA) is 143 Å². The van der Waals surface area contributed by atoms with Crippen molar-refractivity contribution < 1.29 is 29.0 Å². The zero-order chi connectivity index (χ0) is 23.7. The molecule has 3 aromatic rings. The number of amides is 2. The number of nitrogens with zero attached hydrogens (tertiary/aromatic N) is 1. The number of carboxylic acid groups (broad SMARTS) is 1. The predicted octanol–water partition coefficient (Wildman–Crippen LogP) is 2.74. The van der Waals surface area contributed by atoms with Crippen LogP contribution in [0.25, 0.3) is 11.1 Å². The summed E-state index contributed by atoms with van der Waals surface area (Å²) in [6.07, 6.45) is -1.40. The Morgan fingerprint density at radius 1 is 1.09 bits per heavy atom. The number of aromatic nitrogens is 2. The Kier molecular flexibility index (Phi) is 5.72. The van der Waals surface area contributed by atoms with E-state index in [1.54, 1.807) is 0 Å². The van der Waals surface area contributed by atoms with Gasteiger partial charge in [0.05, 0.1) is 6.04 Å². The fraction of sp³-hybridized carbons (Fsp3) is 0.250. The number of fused-ring (bicyclic) bond motifs is 3. The minimum atomic E-state index is -1.13. The van der Waals surface area contributed by atoms with Gasteiger partial charge in [-0.25, -0.2) is 9.59 Å². The molecule has 5 rings (SSSR count). The van der Waals surface area contributed by atoms with Crippen LogP contribution in [0.2, 0.25) is 0 Å². The minimum Gasteiger partial charge on any atom is -0.479 e. The molecule has 10 heteroatoms. The lowest BCUT2D eigenvalue weighted by Gasteiger charge is -2.15. The summed E-state index contributed by atoms with van der Waals surface area (Å²) in [7, 11) is 0. The molecule has 2 amide bonds. The molecule has 4 N–H and O–H groups in total. The molecule has 1 aliphatic heterocycles. The molecule has 34 heavy (non-hydrogen) atoms. The van der Waals surface area contributed by atoms with Gasteiger partial charge in [0.25, 0.3) is 5.91 Å². The second-order valence-corrected chi connectivity index (χ2v) is 8.12. The highest BCUT2D eigenvalue weighted by molar-refractivity contribution is 5.94. The van der Waals surface area contributed by atoms with E-state index in [0.29, 0.717) is 6.42 Å². The van der Waals surface area contributed by atoms with E-state index in [2.05, 4.69) is 33.0 Å². The van der Waals surface area contributed by atoms with Crippen LogP contribution in [0.5, 0.6) is 0 Å². The van der Waals surface area contributed by atoms with Gasteiger partial charge in [0.15, 0.2) is 11.9 Å². The normalized spacial score (nSPS) is 18.7. The van der Waals surface area contributed by atoms with Crippen molar-refractivity contribution in [2.24, 2.45) is 0 Å². The number of benzene rings is 2. The molecule has 0 saturated carbocycles. The molecule has 0 radical (unpaired) electrons. The molecule has 1 saturated heterocycles. The maximum atomic E-state index is 12.4. The number of carbonyl (C=O) groups is 3. The number of carbonyl (C=O) groups excluding carboxylic acids is 2. The Hall–Kier alpha value is -4.18. The van der Waals surface area contributed by atoms with E-state index in [9.17, 15) is 14.4 Å². The van der Waals surface area contributed by atoms with E-state index in [4.69, 9.17) is 14.6 Å². The first-order valence-electron chi connectivity index (χ1n) is 10.8. The van der Waals surface area contributed by atoms with Crippen LogP contribution >= 0.6 is 0 Å². The lowest BCUT2D eigenvalue weighted by atomic mass is 9.98. The number of aliphatic carboxylic acids is 1. The van der Waals surface area contributed by atoms with E-state index < -0.39 is 30.1 Å². The second kappa shape index (κ2) is 8.99. The van der Waals surface area contributed by atoms with E-state index >= 15 is 0 Å². The molecule has 0 spiro atoms. The van der Waals surface area contributed by atoms with Crippen LogP contribution < -0.4 is 10.6 Å². The van der Waals surface area contributed by atoms with Crippen molar-refractivity contribution in [1.82, 2.24) is 15.5 Å². The molecular weight excluding hydrogens is 440 g/mol. The van der Waals surface area contributed by atoms with Gasteiger partial charge in [-0.1, -0.05) is 48.5 Å². The van der Waals surface area contributed by atoms with Crippen LogP contribution in [-0.4, -0.2) is 58.6 Å². The molecule has 2 aromatic carbocycles. The third kappa shape index (κ3) is 4.11. The van der Waals surface area contributed by atoms with E-state index in [0.717, 1.165) is 22.3 Å². The Morgan fingerprint density at radius 3 is 2.44 bits per heavy atom. The van der Waals surface area contributed by atoms with Crippen LogP contribution in [0, 0.1) is 0 Å². The summed E-state index contributed by atoms with van der Waals surface area (Å²) in [5.74, 6) is -1.64. The van der Waals surface area contributed by atoms with Crippen molar-refractivity contribution in [2.45, 2.75) is 24.5 Å². The van der Waals surface area contributed by atoms with Crippen LogP contribution in [0.15, 0.2) is 54.6 Å². The van der Waals surface area contributed by atoms with Crippen molar-refractivity contribution in [3.05, 3.63) is 71.4 Å². The van der Waals surface area contributed by atoms with Crippen molar-refractivity contribution in [3.8, 4) is 11.1 Å². The smallest absolute Gasteiger partial charge is 0.412 e. The SMILES string of the molecule is O=C(Nc1cc(C(=O)N[C@H]2CCO[C@H]2C(=O)O)[nH]n1)OCC1c2ccccc2-c2ccccc21. The van der Waals surface area contributed by atoms with Crippen molar-refractivity contribution in [1.29, 1.82) is 0 Å². The van der Waals surface area contributed by atoms with Gasteiger partial charge in [-0.3, -0.25) is 15.2 Å². The maximum absolute atomic E-state index is 12.4. The van der Waals surface area contributed by atoms with Gasteiger partial charge < -0.3 is 19.9 Å². The molecule has 1 fully saturated rings. The number of H-pyrrole nitrogens is 1. The molecule has 174 valence electrons. The average molecular weight is 462 g/mol. The number of carboxylic acids is 1. The van der Waals surface area contributed by atoms with Gasteiger partial charge in [-0.05, 0) is 28.7 Å². The lowest BCUT2D eigenvalue weighted by molar-refractivity contribution is -0.148. The standard InChI is InChI=1S/C24H22N4O6/c29-22(25-18-9-10-33-21(18)23(30)31)19-11-20(28-27-19)26-24(32)34-12-17-15-7-3-1-5-13(15)14-6-2-4-8-16(14)17/h1-8,11,17-18,21H,9-10,12H2,(H,25,29)(H,30,31)(H2,26,27,28,32)/t18-,21+/m0/s1. The van der Waals surface area contributed by atoms with Gasteiger partial charge in [0.1, 0.15) is 12.3 Å². The van der Waals surface area contributed by atoms with Gasteiger partial charge in [-0.2, -0.15) is 5.10 Å². The number of rotatable bonds is 6. The summed E-state index contributed by atoms with van der Waals surface area (Å²) < 4.78 is 10.6. The highest BCUT2D eigenvalue weighted by atomic mass is 16.5. The third-order valence-electron chi connectivity index (χ3n) is 6.05. The average Bonchev–Trinajstić information content (AvgIpc) is 3.56. The Morgan fingerprint density at radius 2 is 1.76 bits per heavy atom. The fourth-order valence-electron chi connectivity index (χ4n) is 4.47. The molecule has 0 unspecified atom stereocenters. The van der Waals surface area contributed by atoms with Crippen molar-refractivity contribution in [2.75, 3.05) is 18.5 Å². The van der Waals surface area contributed by atoms with Gasteiger partial charge >= 0.3 is 12.1 Å². The van der Waals surface area contributed by atoms with Crippen molar-refractivity contribution >= 4 is 23.8 Å². The minimum absolute atomic E-state index is 0.0741. The van der Waals surface area contributed by atoms with Gasteiger partial charge in [0.2, 0.25) is 0 Å². The first-order chi connectivity index (χ1) is 16.5.